The molecular formula is C28H27N3O4S. The Labute approximate surface area is 213 Å². The minimum atomic E-state index is -1.26. The summed E-state index contributed by atoms with van der Waals surface area (Å²) in [6.07, 6.45) is 2.26. The van der Waals surface area contributed by atoms with E-state index in [2.05, 4.69) is 76.1 Å². The third kappa shape index (κ3) is 6.21. The number of carbonyl (C=O) groups is 2. The van der Waals surface area contributed by atoms with Crippen LogP contribution in [0.3, 0.4) is 0 Å². The second-order valence-corrected chi connectivity index (χ2v) is 9.73. The highest BCUT2D eigenvalue weighted by Gasteiger charge is 2.23. The number of rotatable bonds is 4. The SMILES string of the molecule is Cc1ccc(-c2ccc3c(c2)CN(C)CCC3c2ccc3sccc3c2)nn1.O=C(O)C=CC(=O)O. The molecule has 0 saturated heterocycles. The zero-order valence-electron chi connectivity index (χ0n) is 20.1. The summed E-state index contributed by atoms with van der Waals surface area (Å²) < 4.78 is 1.36. The van der Waals surface area contributed by atoms with E-state index in [9.17, 15) is 9.59 Å². The van der Waals surface area contributed by atoms with E-state index in [1.165, 1.54) is 26.8 Å². The van der Waals surface area contributed by atoms with Crippen molar-refractivity contribution in [2.24, 2.45) is 0 Å². The van der Waals surface area contributed by atoms with Crippen LogP contribution in [0.25, 0.3) is 21.3 Å². The highest BCUT2D eigenvalue weighted by Crippen LogP contribution is 2.37. The molecule has 0 saturated carbocycles. The Hall–Kier alpha value is -3.88. The molecule has 0 spiro atoms. The van der Waals surface area contributed by atoms with Crippen LogP contribution in [-0.4, -0.2) is 50.8 Å². The first-order valence-corrected chi connectivity index (χ1v) is 12.4. The van der Waals surface area contributed by atoms with Crippen LogP contribution >= 0.6 is 11.3 Å². The molecule has 0 aliphatic carbocycles. The van der Waals surface area contributed by atoms with Crippen molar-refractivity contribution in [1.29, 1.82) is 0 Å². The van der Waals surface area contributed by atoms with E-state index in [0.717, 1.165) is 36.5 Å². The van der Waals surface area contributed by atoms with Gasteiger partial charge in [-0.3, -0.25) is 0 Å². The van der Waals surface area contributed by atoms with Crippen molar-refractivity contribution in [3.63, 3.8) is 0 Å². The van der Waals surface area contributed by atoms with Gasteiger partial charge in [-0.25, -0.2) is 9.59 Å². The molecule has 8 heteroatoms. The quantitative estimate of drug-likeness (QED) is 0.364. The molecule has 1 unspecified atom stereocenters. The highest BCUT2D eigenvalue weighted by molar-refractivity contribution is 7.17. The molecule has 4 aromatic rings. The smallest absolute Gasteiger partial charge is 0.328 e. The van der Waals surface area contributed by atoms with Crippen LogP contribution in [0.2, 0.25) is 0 Å². The third-order valence-corrected chi connectivity index (χ3v) is 7.00. The Bertz CT molecular complexity index is 1400. The molecule has 0 bridgehead atoms. The van der Waals surface area contributed by atoms with E-state index < -0.39 is 11.9 Å². The average molecular weight is 502 g/mol. The van der Waals surface area contributed by atoms with Crippen molar-refractivity contribution >= 4 is 33.4 Å². The van der Waals surface area contributed by atoms with Gasteiger partial charge in [-0.2, -0.15) is 10.2 Å². The van der Waals surface area contributed by atoms with Gasteiger partial charge in [-0.05, 0) is 90.8 Å². The summed E-state index contributed by atoms with van der Waals surface area (Å²) in [7, 11) is 2.21. The van der Waals surface area contributed by atoms with Gasteiger partial charge in [0.1, 0.15) is 0 Å². The summed E-state index contributed by atoms with van der Waals surface area (Å²) in [4.78, 5) is 21.5. The topological polar surface area (TPSA) is 104 Å². The van der Waals surface area contributed by atoms with Gasteiger partial charge in [-0.1, -0.05) is 18.2 Å². The normalized spacial score (nSPS) is 15.7. The van der Waals surface area contributed by atoms with Gasteiger partial charge in [0.2, 0.25) is 0 Å². The maximum atomic E-state index is 9.55. The van der Waals surface area contributed by atoms with Crippen LogP contribution < -0.4 is 0 Å². The predicted molar refractivity (Wildman–Crippen MR) is 141 cm³/mol. The Morgan fingerprint density at radius 1 is 1.00 bits per heavy atom. The van der Waals surface area contributed by atoms with Crippen LogP contribution in [-0.2, 0) is 16.1 Å². The highest BCUT2D eigenvalue weighted by atomic mass is 32.1. The second kappa shape index (κ2) is 11.2. The maximum Gasteiger partial charge on any atom is 0.328 e. The lowest BCUT2D eigenvalue weighted by Gasteiger charge is -2.19. The van der Waals surface area contributed by atoms with E-state index in [-0.39, 0.29) is 0 Å². The van der Waals surface area contributed by atoms with Crippen LogP contribution in [0, 0.1) is 6.92 Å². The molecule has 2 N–H and O–H groups in total. The number of carboxylic acids is 2. The fraction of sp³-hybridized carbons (Fsp3) is 0.214. The molecule has 0 radical (unpaired) electrons. The summed E-state index contributed by atoms with van der Waals surface area (Å²) in [5.74, 6) is -2.08. The van der Waals surface area contributed by atoms with Crippen molar-refractivity contribution in [3.8, 4) is 11.3 Å². The molecule has 7 nitrogen and oxygen atoms in total. The molecule has 2 aromatic carbocycles. The van der Waals surface area contributed by atoms with E-state index in [1.54, 1.807) is 0 Å². The van der Waals surface area contributed by atoms with E-state index in [1.807, 2.05) is 24.3 Å². The fourth-order valence-electron chi connectivity index (χ4n) is 4.36. The molecule has 1 aliphatic heterocycles. The van der Waals surface area contributed by atoms with E-state index >= 15 is 0 Å². The first-order valence-electron chi connectivity index (χ1n) is 11.5. The molecule has 1 atom stereocenters. The van der Waals surface area contributed by atoms with Gasteiger partial charge in [0.15, 0.2) is 0 Å². The molecule has 1 aliphatic rings. The monoisotopic (exact) mass is 501 g/mol. The number of aryl methyl sites for hydroxylation is 1. The lowest BCUT2D eigenvalue weighted by Crippen LogP contribution is -2.17. The minimum Gasteiger partial charge on any atom is -0.478 e. The summed E-state index contributed by atoms with van der Waals surface area (Å²) >= 11 is 1.81. The molecule has 5 rings (SSSR count). The zero-order valence-corrected chi connectivity index (χ0v) is 20.9. The Morgan fingerprint density at radius 2 is 1.78 bits per heavy atom. The van der Waals surface area contributed by atoms with Gasteiger partial charge < -0.3 is 15.1 Å². The molecule has 0 amide bonds. The average Bonchev–Trinajstić information content (AvgIpc) is 3.25. The largest absolute Gasteiger partial charge is 0.478 e. The van der Waals surface area contributed by atoms with E-state index in [4.69, 9.17) is 10.2 Å². The number of fused-ring (bicyclic) bond motifs is 2. The first kappa shape index (κ1) is 25.2. The van der Waals surface area contributed by atoms with Crippen molar-refractivity contribution < 1.29 is 19.8 Å². The van der Waals surface area contributed by atoms with Crippen LogP contribution in [0.5, 0.6) is 0 Å². The van der Waals surface area contributed by atoms with Crippen molar-refractivity contribution in [1.82, 2.24) is 15.1 Å². The van der Waals surface area contributed by atoms with Gasteiger partial charge in [0.25, 0.3) is 0 Å². The molecular weight excluding hydrogens is 474 g/mol. The first-order chi connectivity index (χ1) is 17.3. The molecule has 3 heterocycles. The van der Waals surface area contributed by atoms with Gasteiger partial charge in [0, 0.05) is 34.9 Å². The lowest BCUT2D eigenvalue weighted by atomic mass is 9.85. The number of thiophene rings is 1. The van der Waals surface area contributed by atoms with Crippen molar-refractivity contribution in [2.75, 3.05) is 13.6 Å². The third-order valence-electron chi connectivity index (χ3n) is 6.10. The van der Waals surface area contributed by atoms with Crippen LogP contribution in [0.15, 0.2) is 72.1 Å². The Kier molecular flexibility index (Phi) is 7.87. The lowest BCUT2D eigenvalue weighted by molar-refractivity contribution is -0.134. The summed E-state index contributed by atoms with van der Waals surface area (Å²) in [6, 6.07) is 20.1. The number of nitrogens with zero attached hydrogens (tertiary/aromatic N) is 3. The molecule has 0 fully saturated rings. The molecule has 184 valence electrons. The van der Waals surface area contributed by atoms with Crippen molar-refractivity contribution in [2.45, 2.75) is 25.8 Å². The van der Waals surface area contributed by atoms with Crippen LogP contribution in [0.4, 0.5) is 0 Å². The van der Waals surface area contributed by atoms with Crippen molar-refractivity contribution in [3.05, 3.63) is 94.5 Å². The standard InChI is InChI=1S/C24H23N3S.C4H4O4/c1-16-3-7-23(26-25-16)18-4-6-21-20(14-18)15-27(2)11-9-22(21)17-5-8-24-19(13-17)10-12-28-24;5-3(6)1-2-4(7)8/h3-8,10,12-14,22H,9,11,15H2,1-2H3;1-2H,(H,5,6)(H,7,8). The predicted octanol–water partition coefficient (Wildman–Crippen LogP) is 5.35. The molecule has 36 heavy (non-hydrogen) atoms. The summed E-state index contributed by atoms with van der Waals surface area (Å²) in [5, 5.41) is 27.8. The van der Waals surface area contributed by atoms with Crippen LogP contribution in [0.1, 0.15) is 34.7 Å². The fourth-order valence-corrected chi connectivity index (χ4v) is 5.13. The van der Waals surface area contributed by atoms with Gasteiger partial charge in [0.05, 0.1) is 11.4 Å². The van der Waals surface area contributed by atoms with E-state index in [0.29, 0.717) is 18.1 Å². The number of hydrogen-bond donors (Lipinski definition) is 2. The number of carboxylic acid groups (broad SMARTS) is 2. The number of benzene rings is 2. The Balaban J connectivity index is 0.000000331. The number of aliphatic carboxylic acids is 2. The molecule has 2 aromatic heterocycles. The van der Waals surface area contributed by atoms with Gasteiger partial charge in [-0.15, -0.1) is 11.3 Å². The Morgan fingerprint density at radius 3 is 2.47 bits per heavy atom. The van der Waals surface area contributed by atoms with Gasteiger partial charge >= 0.3 is 11.9 Å². The number of aromatic nitrogens is 2. The second-order valence-electron chi connectivity index (χ2n) is 8.78. The summed E-state index contributed by atoms with van der Waals surface area (Å²) in [6.45, 7) is 4.04. The minimum absolute atomic E-state index is 0.433. The number of hydrogen-bond acceptors (Lipinski definition) is 6. The zero-order chi connectivity index (χ0) is 25.7. The summed E-state index contributed by atoms with van der Waals surface area (Å²) in [5.41, 5.74) is 7.30. The maximum absolute atomic E-state index is 9.55.